The van der Waals surface area contributed by atoms with Gasteiger partial charge in [0, 0.05) is 0 Å². The molecule has 1 fully saturated rings. The minimum absolute atomic E-state index is 0. The van der Waals surface area contributed by atoms with Gasteiger partial charge >= 0.3 is 136 Å². The average Bonchev–Trinajstić information content (AvgIpc) is 3.03. The number of halogens is 3. The van der Waals surface area contributed by atoms with E-state index in [1.807, 2.05) is 0 Å². The predicted molar refractivity (Wildman–Crippen MR) is 85.5 cm³/mol. The third-order valence-corrected chi connectivity index (χ3v) is 15.2. The summed E-state index contributed by atoms with van der Waals surface area (Å²) < 4.78 is 0.342. The molecule has 0 N–H and O–H groups in total. The van der Waals surface area contributed by atoms with Gasteiger partial charge in [0.1, 0.15) is 0 Å². The van der Waals surface area contributed by atoms with Crippen molar-refractivity contribution in [3.8, 4) is 0 Å². The van der Waals surface area contributed by atoms with Crippen molar-refractivity contribution in [2.45, 2.75) is 49.0 Å². The fourth-order valence-electron chi connectivity index (χ4n) is 4.49. The van der Waals surface area contributed by atoms with Gasteiger partial charge in [0.05, 0.1) is 0 Å². The second-order valence-electron chi connectivity index (χ2n) is 6.54. The normalized spacial score (nSPS) is 25.2. The van der Waals surface area contributed by atoms with E-state index >= 15 is 0 Å². The van der Waals surface area contributed by atoms with Crippen LogP contribution in [-0.4, -0.2) is 8.07 Å². The Hall–Kier alpha value is 0.501. The zero-order valence-electron chi connectivity index (χ0n) is 13.9. The summed E-state index contributed by atoms with van der Waals surface area (Å²) in [5.41, 5.74) is 4.78. The molecule has 23 heavy (non-hydrogen) atoms. The van der Waals surface area contributed by atoms with E-state index in [9.17, 15) is 0 Å². The monoisotopic (exact) mass is 420 g/mol. The molecule has 0 saturated carbocycles. The van der Waals surface area contributed by atoms with Gasteiger partial charge in [0.15, 0.2) is 0 Å². The van der Waals surface area contributed by atoms with Crippen molar-refractivity contribution in [2.75, 3.05) is 0 Å². The summed E-state index contributed by atoms with van der Waals surface area (Å²) >= 11 is 2.55. The van der Waals surface area contributed by atoms with Gasteiger partial charge in [0.25, 0.3) is 0 Å². The second kappa shape index (κ2) is 8.74. The van der Waals surface area contributed by atoms with Crippen molar-refractivity contribution in [2.24, 2.45) is 0 Å². The van der Waals surface area contributed by atoms with E-state index in [1.165, 1.54) is 30.5 Å². The van der Waals surface area contributed by atoms with Gasteiger partial charge in [-0.25, -0.2) is 0 Å². The number of rotatable bonds is 2. The molecule has 0 bridgehead atoms. The van der Waals surface area contributed by atoms with E-state index in [0.717, 1.165) is 0 Å². The van der Waals surface area contributed by atoms with Gasteiger partial charge in [-0.05, 0) is 0 Å². The Morgan fingerprint density at radius 1 is 0.913 bits per heavy atom. The van der Waals surface area contributed by atoms with Crippen LogP contribution in [0.15, 0.2) is 53.1 Å². The smallest absolute Gasteiger partial charge is 1.00 e. The summed E-state index contributed by atoms with van der Waals surface area (Å²) in [7, 11) is -1.49. The first-order chi connectivity index (χ1) is 9.52. The Morgan fingerprint density at radius 2 is 1.43 bits per heavy atom. The first-order valence-electron chi connectivity index (χ1n) is 7.70. The third kappa shape index (κ3) is 3.43. The number of benzene rings is 1. The predicted octanol–water partition coefficient (Wildman–Crippen LogP) is -4.31. The Balaban J connectivity index is 0.00000161. The van der Waals surface area contributed by atoms with Gasteiger partial charge in [-0.1, -0.05) is 0 Å². The van der Waals surface area contributed by atoms with Crippen molar-refractivity contribution in [3.05, 3.63) is 53.1 Å². The molecular formula is C18H23Cl3SiTi. The Bertz CT molecular complexity index is 592. The molecule has 1 aliphatic heterocycles. The molecule has 1 aliphatic carbocycles. The fourth-order valence-corrected chi connectivity index (χ4v) is 13.0. The van der Waals surface area contributed by atoms with Crippen LogP contribution in [0.3, 0.4) is 0 Å². The molecule has 1 saturated heterocycles. The van der Waals surface area contributed by atoms with Gasteiger partial charge in [-0.15, -0.1) is 0 Å². The molecule has 0 radical (unpaired) electrons. The number of allylic oxidation sites excluding steroid dienone is 4. The summed E-state index contributed by atoms with van der Waals surface area (Å²) in [6.07, 6.45) is 5.30. The third-order valence-electron chi connectivity index (χ3n) is 5.68. The fraction of sp³-hybridized carbons (Fsp3) is 0.444. The molecule has 1 unspecified atom stereocenters. The molecule has 2 aliphatic rings. The molecule has 0 nitrogen and oxygen atoms in total. The maximum absolute atomic E-state index is 2.55. The maximum Gasteiger partial charge on any atom is -1.00 e. The van der Waals surface area contributed by atoms with Crippen LogP contribution in [0.5, 0.6) is 0 Å². The zero-order valence-corrected chi connectivity index (χ0v) is 18.8. The van der Waals surface area contributed by atoms with Gasteiger partial charge in [0.2, 0.25) is 0 Å². The van der Waals surface area contributed by atoms with Crippen LogP contribution < -0.4 is 42.4 Å². The molecule has 3 rings (SSSR count). The van der Waals surface area contributed by atoms with Crippen molar-refractivity contribution in [3.63, 3.8) is 0 Å². The maximum atomic E-state index is 2.55. The van der Waals surface area contributed by atoms with Crippen LogP contribution in [0.25, 0.3) is 0 Å². The van der Waals surface area contributed by atoms with E-state index in [4.69, 9.17) is 0 Å². The van der Waals surface area contributed by atoms with Crippen molar-refractivity contribution < 1.29 is 57.7 Å². The zero-order chi connectivity index (χ0) is 14.4. The van der Waals surface area contributed by atoms with Crippen LogP contribution >= 0.6 is 0 Å². The van der Waals surface area contributed by atoms with Crippen LogP contribution in [-0.2, 0) is 20.4 Å². The largest absolute Gasteiger partial charge is 1.00 e. The molecule has 1 aromatic carbocycles. The Kier molecular flexibility index (Phi) is 8.93. The molecule has 1 atom stereocenters. The van der Waals surface area contributed by atoms with Crippen LogP contribution in [0.2, 0.25) is 15.4 Å². The van der Waals surface area contributed by atoms with E-state index in [1.54, 1.807) is 16.3 Å². The van der Waals surface area contributed by atoms with E-state index in [2.05, 4.69) is 77.6 Å². The summed E-state index contributed by atoms with van der Waals surface area (Å²) in [6, 6.07) is 14.4. The van der Waals surface area contributed by atoms with E-state index in [0.29, 0.717) is 3.34 Å². The summed E-state index contributed by atoms with van der Waals surface area (Å²) in [5.74, 6) is 0. The first-order valence-corrected chi connectivity index (χ1v) is 10.9. The summed E-state index contributed by atoms with van der Waals surface area (Å²) in [5, 5.41) is 1.68. The molecule has 0 spiro atoms. The van der Waals surface area contributed by atoms with E-state index < -0.39 is 8.07 Å². The van der Waals surface area contributed by atoms with Gasteiger partial charge < -0.3 is 37.2 Å². The van der Waals surface area contributed by atoms with Crippen molar-refractivity contribution in [1.29, 1.82) is 0 Å². The quantitative estimate of drug-likeness (QED) is 0.424. The number of hydrogen-bond acceptors (Lipinski definition) is 0. The molecule has 0 aromatic heterocycles. The molecule has 1 aromatic rings. The van der Waals surface area contributed by atoms with Crippen molar-refractivity contribution in [1.82, 2.24) is 0 Å². The Morgan fingerprint density at radius 3 is 1.87 bits per heavy atom. The van der Waals surface area contributed by atoms with Gasteiger partial charge in [-0.2, -0.15) is 0 Å². The summed E-state index contributed by atoms with van der Waals surface area (Å²) in [4.78, 5) is 0. The molecule has 0 amide bonds. The second-order valence-corrected chi connectivity index (χ2v) is 13.0. The molecule has 1 heterocycles. The minimum Gasteiger partial charge on any atom is -1.00 e. The molecular weight excluding hydrogens is 399 g/mol. The standard InChI is InChI=1S/C18H23Si.3ClH.Ti/c1-14-13-15(2)18(16(14)3)19(11-7-8-12-19)17-9-5-4-6-10-17;;;;/h4-6,9-10,13H,7-8,11-12H2,1-3H3;3*1H;/q;;;;+3/p-3. The SMILES string of the molecule is CC1=CC(C)=C(C)[C]1([Ti+3])[Si]1(c2ccccc2)CCCC1.[Cl-].[Cl-].[Cl-]. The summed E-state index contributed by atoms with van der Waals surface area (Å²) in [6.45, 7) is 7.06. The first kappa shape index (κ1) is 23.5. The van der Waals surface area contributed by atoms with Crippen LogP contribution in [0.4, 0.5) is 0 Å². The minimum atomic E-state index is -1.49. The Labute approximate surface area is 172 Å². The average molecular weight is 422 g/mol. The van der Waals surface area contributed by atoms with Crippen LogP contribution in [0, 0.1) is 0 Å². The van der Waals surface area contributed by atoms with Crippen LogP contribution in [0.1, 0.15) is 33.6 Å². The molecule has 124 valence electrons. The van der Waals surface area contributed by atoms with Gasteiger partial charge in [-0.3, -0.25) is 0 Å². The number of hydrogen-bond donors (Lipinski definition) is 0. The molecule has 5 heteroatoms. The topological polar surface area (TPSA) is 0 Å². The van der Waals surface area contributed by atoms with Crippen molar-refractivity contribution >= 4 is 13.3 Å². The van der Waals surface area contributed by atoms with E-state index in [-0.39, 0.29) is 37.2 Å².